The number of carbonyl (C=O) groups is 12. The van der Waals surface area contributed by atoms with Gasteiger partial charge < -0.3 is 101 Å². The number of benzene rings is 1. The number of aliphatic hydroxyl groups excluding tert-OH is 5. The molecule has 0 aliphatic heterocycles. The normalized spacial score (nSPS) is 16.1. The molecular formula is C47H77N13O18. The summed E-state index contributed by atoms with van der Waals surface area (Å²) in [6.07, 6.45) is -5.60. The van der Waals surface area contributed by atoms with Crippen molar-refractivity contribution < 1.29 is 88.2 Å². The molecule has 0 saturated carbocycles. The van der Waals surface area contributed by atoms with Gasteiger partial charge in [0.2, 0.25) is 65.0 Å². The van der Waals surface area contributed by atoms with Crippen LogP contribution in [0.2, 0.25) is 0 Å². The van der Waals surface area contributed by atoms with Crippen molar-refractivity contribution >= 4 is 70.9 Å². The minimum Gasteiger partial charge on any atom is -0.480 e. The number of primary amides is 1. The molecule has 0 unspecified atom stereocenters. The summed E-state index contributed by atoms with van der Waals surface area (Å²) in [6, 6.07) is -9.02. The van der Waals surface area contributed by atoms with E-state index in [4.69, 9.17) is 17.2 Å². The van der Waals surface area contributed by atoms with E-state index in [1.807, 2.05) is 0 Å². The number of hydrogen-bond acceptors (Lipinski definition) is 19. The van der Waals surface area contributed by atoms with E-state index in [-0.39, 0.29) is 19.4 Å². The highest BCUT2D eigenvalue weighted by atomic mass is 16.4. The SMILES string of the molecule is CC(C)[C@H](NC(=O)[C@@H](NC(=O)[C@@H](NC(=O)[C@H](CO)NC(=O)[C@H](NC(=O)[C@H](Cc1ccccc1)NC(=O)[C@H](CC(N)=O)NC(=O)[C@H](CO)NC(=O)CN)[C@@H](C)O)[C@@H](C)O)[C@@H](C)O)C(=O)N[C@@H](CCCCN)C(=O)N[C@@H](C)C(=O)O. The van der Waals surface area contributed by atoms with E-state index in [0.717, 1.165) is 20.8 Å². The van der Waals surface area contributed by atoms with Gasteiger partial charge in [-0.05, 0) is 65.0 Å². The van der Waals surface area contributed by atoms with E-state index in [0.29, 0.717) is 18.4 Å². The van der Waals surface area contributed by atoms with Gasteiger partial charge >= 0.3 is 5.97 Å². The van der Waals surface area contributed by atoms with E-state index >= 15 is 0 Å². The van der Waals surface area contributed by atoms with Crippen LogP contribution in [0.25, 0.3) is 0 Å². The first-order chi connectivity index (χ1) is 36.5. The quantitative estimate of drug-likeness (QED) is 0.0281. The Morgan fingerprint density at radius 2 is 0.859 bits per heavy atom. The minimum absolute atomic E-state index is 0.0388. The second-order valence-electron chi connectivity index (χ2n) is 18.6. The number of unbranched alkanes of at least 4 members (excludes halogenated alkanes) is 1. The van der Waals surface area contributed by atoms with Gasteiger partial charge in [-0.1, -0.05) is 44.2 Å². The Morgan fingerprint density at radius 1 is 0.474 bits per heavy atom. The molecular weight excluding hydrogens is 1030 g/mol. The zero-order valence-corrected chi connectivity index (χ0v) is 44.1. The van der Waals surface area contributed by atoms with Crippen LogP contribution in [0.1, 0.15) is 72.8 Å². The Balaban J connectivity index is 3.36. The molecule has 31 nitrogen and oxygen atoms in total. The lowest BCUT2D eigenvalue weighted by molar-refractivity contribution is -0.142. The van der Waals surface area contributed by atoms with Crippen molar-refractivity contribution in [1.82, 2.24) is 53.2 Å². The molecule has 0 spiro atoms. The molecule has 22 N–H and O–H groups in total. The Morgan fingerprint density at radius 3 is 1.31 bits per heavy atom. The fraction of sp³-hybridized carbons (Fsp3) is 0.617. The molecule has 1 rings (SSSR count). The van der Waals surface area contributed by atoms with Crippen molar-refractivity contribution in [2.24, 2.45) is 23.1 Å². The molecule has 0 bridgehead atoms. The van der Waals surface area contributed by atoms with Gasteiger partial charge in [-0.15, -0.1) is 0 Å². The second-order valence-corrected chi connectivity index (χ2v) is 18.6. The van der Waals surface area contributed by atoms with Crippen molar-refractivity contribution in [3.05, 3.63) is 35.9 Å². The highest BCUT2D eigenvalue weighted by Gasteiger charge is 2.39. The Kier molecular flexibility index (Phi) is 30.2. The number of nitrogens with one attached hydrogen (secondary N) is 10. The minimum atomic E-state index is -1.99. The summed E-state index contributed by atoms with van der Waals surface area (Å²) < 4.78 is 0. The summed E-state index contributed by atoms with van der Waals surface area (Å²) in [5.74, 6) is -14.3. The van der Waals surface area contributed by atoms with Gasteiger partial charge in [0, 0.05) is 6.42 Å². The lowest BCUT2D eigenvalue weighted by Crippen LogP contribution is -2.64. The Labute approximate surface area is 449 Å². The number of hydrogen-bond donors (Lipinski definition) is 19. The van der Waals surface area contributed by atoms with Crippen LogP contribution < -0.4 is 70.4 Å². The van der Waals surface area contributed by atoms with Crippen LogP contribution in [0, 0.1) is 5.92 Å². The highest BCUT2D eigenvalue weighted by Crippen LogP contribution is 2.10. The lowest BCUT2D eigenvalue weighted by Gasteiger charge is -2.30. The van der Waals surface area contributed by atoms with E-state index < -0.39 is 182 Å². The van der Waals surface area contributed by atoms with E-state index in [1.54, 1.807) is 30.3 Å². The van der Waals surface area contributed by atoms with Crippen molar-refractivity contribution in [2.75, 3.05) is 26.3 Å². The van der Waals surface area contributed by atoms with Crippen LogP contribution in [0.4, 0.5) is 0 Å². The Hall–Kier alpha value is -7.42. The summed E-state index contributed by atoms with van der Waals surface area (Å²) >= 11 is 0. The van der Waals surface area contributed by atoms with Gasteiger partial charge in [0.15, 0.2) is 0 Å². The first-order valence-corrected chi connectivity index (χ1v) is 24.8. The first kappa shape index (κ1) is 68.6. The van der Waals surface area contributed by atoms with Gasteiger partial charge in [-0.3, -0.25) is 57.5 Å². The molecule has 0 fully saturated rings. The smallest absolute Gasteiger partial charge is 0.325 e. The van der Waals surface area contributed by atoms with E-state index in [9.17, 15) is 88.2 Å². The second kappa shape index (κ2) is 34.4. The summed E-state index contributed by atoms with van der Waals surface area (Å²) in [7, 11) is 0. The van der Waals surface area contributed by atoms with Gasteiger partial charge in [0.25, 0.3) is 0 Å². The third-order valence-electron chi connectivity index (χ3n) is 11.5. The van der Waals surface area contributed by atoms with Crippen LogP contribution in [-0.4, -0.2) is 207 Å². The molecule has 1 aromatic carbocycles. The van der Waals surface area contributed by atoms with Gasteiger partial charge in [0.05, 0.1) is 44.5 Å². The number of aliphatic hydroxyl groups is 5. The molecule has 13 atom stereocenters. The van der Waals surface area contributed by atoms with Crippen LogP contribution in [-0.2, 0) is 64.0 Å². The molecule has 438 valence electrons. The largest absolute Gasteiger partial charge is 0.480 e. The number of carbonyl (C=O) groups excluding carboxylic acids is 11. The summed E-state index contributed by atoms with van der Waals surface area (Å²) in [5.41, 5.74) is 16.6. The number of carboxylic acids is 1. The van der Waals surface area contributed by atoms with Crippen LogP contribution in [0.15, 0.2) is 30.3 Å². The molecule has 1 aromatic rings. The Bertz CT molecular complexity index is 2220. The maximum absolute atomic E-state index is 13.9. The predicted octanol–water partition coefficient (Wildman–Crippen LogP) is -9.07. The topological polar surface area (TPSA) is 525 Å². The fourth-order valence-electron chi connectivity index (χ4n) is 7.06. The molecule has 0 heterocycles. The van der Waals surface area contributed by atoms with Gasteiger partial charge in [0.1, 0.15) is 60.4 Å². The number of nitrogens with two attached hydrogens (primary N) is 3. The first-order valence-electron chi connectivity index (χ1n) is 24.8. The highest BCUT2D eigenvalue weighted by molar-refractivity contribution is 6.00. The number of carboxylic acid groups (broad SMARTS) is 1. The standard InChI is InChI=1S/C47H77N13O18/c1-21(2)34(43(73)53-27(14-10-11-15-48)38(68)51-22(3)47(77)78)57-45(75)37(25(6)65)60-46(76)36(24(5)64)59-42(72)31(20-62)56-44(74)35(23(4)63)58-40(70)28(16-26-12-8-7-9-13-26)54-39(69)29(17-32(50)66)55-41(71)30(19-61)52-33(67)18-49/h7-9,12-13,21-25,27-31,34-37,61-65H,10-11,14-20,48-49H2,1-6H3,(H2,50,66)(H,51,68)(H,52,67)(H,53,73)(H,54,69)(H,55,71)(H,56,74)(H,57,75)(H,58,70)(H,59,72)(H,60,76)(H,77,78)/t22-,23+,24+,25+,27-,28-,29-,30-,31-,34-,35+,36-,37-/m0/s1. The molecule has 0 aliphatic carbocycles. The lowest BCUT2D eigenvalue weighted by atomic mass is 10.0. The summed E-state index contributed by atoms with van der Waals surface area (Å²) in [4.78, 5) is 157. The van der Waals surface area contributed by atoms with Crippen molar-refractivity contribution in [3.8, 4) is 0 Å². The van der Waals surface area contributed by atoms with Gasteiger partial charge in [-0.2, -0.15) is 0 Å². The van der Waals surface area contributed by atoms with Crippen LogP contribution >= 0.6 is 0 Å². The fourth-order valence-corrected chi connectivity index (χ4v) is 7.06. The van der Waals surface area contributed by atoms with Crippen LogP contribution in [0.5, 0.6) is 0 Å². The number of aliphatic carboxylic acids is 1. The molecule has 78 heavy (non-hydrogen) atoms. The zero-order valence-electron chi connectivity index (χ0n) is 44.1. The summed E-state index contributed by atoms with van der Waals surface area (Å²) in [6.45, 7) is 4.95. The van der Waals surface area contributed by atoms with Crippen molar-refractivity contribution in [1.29, 1.82) is 0 Å². The molecule has 0 radical (unpaired) electrons. The zero-order chi connectivity index (χ0) is 59.6. The molecule has 0 aliphatic rings. The number of rotatable bonds is 35. The molecule has 11 amide bonds. The molecule has 31 heteroatoms. The average molecular weight is 1110 g/mol. The maximum atomic E-state index is 13.9. The predicted molar refractivity (Wildman–Crippen MR) is 273 cm³/mol. The maximum Gasteiger partial charge on any atom is 0.325 e. The van der Waals surface area contributed by atoms with Crippen LogP contribution in [0.3, 0.4) is 0 Å². The molecule has 0 aromatic heterocycles. The third kappa shape index (κ3) is 23.4. The van der Waals surface area contributed by atoms with Gasteiger partial charge in [-0.25, -0.2) is 0 Å². The third-order valence-corrected chi connectivity index (χ3v) is 11.5. The van der Waals surface area contributed by atoms with E-state index in [2.05, 4.69) is 53.2 Å². The summed E-state index contributed by atoms with van der Waals surface area (Å²) in [5, 5.41) is 83.5. The average Bonchev–Trinajstić information content (AvgIpc) is 3.37. The number of amides is 11. The van der Waals surface area contributed by atoms with Crippen molar-refractivity contribution in [3.63, 3.8) is 0 Å². The van der Waals surface area contributed by atoms with Crippen molar-refractivity contribution in [2.45, 2.75) is 152 Å². The molecule has 0 saturated heterocycles. The monoisotopic (exact) mass is 1110 g/mol. The van der Waals surface area contributed by atoms with E-state index in [1.165, 1.54) is 20.8 Å².